The molecule has 182 valence electrons. The number of fused-ring (bicyclic) bond motifs is 1. The summed E-state index contributed by atoms with van der Waals surface area (Å²) in [5.74, 6) is -0.000109. The van der Waals surface area contributed by atoms with Gasteiger partial charge in [-0.3, -0.25) is 4.79 Å². The zero-order chi connectivity index (χ0) is 25.1. The Kier molecular flexibility index (Phi) is 6.84. The number of hydrogen-bond acceptors (Lipinski definition) is 6. The van der Waals surface area contributed by atoms with Gasteiger partial charge in [0.1, 0.15) is 0 Å². The molecule has 2 heterocycles. The van der Waals surface area contributed by atoms with Crippen molar-refractivity contribution < 1.29 is 4.79 Å². The standard InChI is InChI=1S/C28H27ClN6O/c1-34-13-15-35(16-14-34)22-9-7-21(8-10-22)32-28-31-18-20-3-2-4-23(27(20)33-28)24-17-19(5-11-25(24)29)6-12-26(30)36/h2-12,17-18H,13-16H2,1H3,(H2,30,36)(H,31,32,33). The van der Waals surface area contributed by atoms with Crippen LogP contribution >= 0.6 is 11.6 Å². The third kappa shape index (κ3) is 5.32. The molecule has 0 spiro atoms. The summed E-state index contributed by atoms with van der Waals surface area (Å²) in [5.41, 5.74) is 10.7. The highest BCUT2D eigenvalue weighted by Crippen LogP contribution is 2.34. The number of para-hydroxylation sites is 1. The highest BCUT2D eigenvalue weighted by molar-refractivity contribution is 6.33. The molecule has 8 heteroatoms. The van der Waals surface area contributed by atoms with Crippen LogP contribution in [0.2, 0.25) is 5.02 Å². The second-order valence-electron chi connectivity index (χ2n) is 8.87. The van der Waals surface area contributed by atoms with Gasteiger partial charge in [-0.05, 0) is 55.1 Å². The molecule has 0 aliphatic carbocycles. The van der Waals surface area contributed by atoms with Gasteiger partial charge in [0.2, 0.25) is 11.9 Å². The molecule has 1 aliphatic heterocycles. The largest absolute Gasteiger partial charge is 0.369 e. The molecule has 3 aromatic carbocycles. The first-order valence-corrected chi connectivity index (χ1v) is 12.2. The normalized spacial score (nSPS) is 14.4. The van der Waals surface area contributed by atoms with Crippen molar-refractivity contribution in [1.82, 2.24) is 14.9 Å². The number of rotatable bonds is 6. The summed E-state index contributed by atoms with van der Waals surface area (Å²) in [6.07, 6.45) is 4.80. The molecule has 0 unspecified atom stereocenters. The monoisotopic (exact) mass is 498 g/mol. The number of primary amides is 1. The lowest BCUT2D eigenvalue weighted by atomic mass is 10.00. The van der Waals surface area contributed by atoms with Crippen molar-refractivity contribution >= 4 is 51.8 Å². The topological polar surface area (TPSA) is 87.4 Å². The smallest absolute Gasteiger partial charge is 0.241 e. The molecular formula is C28H27ClN6O. The molecule has 1 fully saturated rings. The molecule has 0 atom stereocenters. The number of aromatic nitrogens is 2. The fourth-order valence-electron chi connectivity index (χ4n) is 4.31. The van der Waals surface area contributed by atoms with E-state index in [1.807, 2.05) is 30.3 Å². The van der Waals surface area contributed by atoms with Crippen LogP contribution in [0.3, 0.4) is 0 Å². The molecule has 5 rings (SSSR count). The number of piperazine rings is 1. The van der Waals surface area contributed by atoms with Crippen molar-refractivity contribution in [3.05, 3.63) is 83.5 Å². The van der Waals surface area contributed by atoms with E-state index in [1.165, 1.54) is 11.8 Å². The molecule has 0 bridgehead atoms. The Bertz CT molecular complexity index is 1430. The number of amides is 1. The number of carbonyl (C=O) groups excluding carboxylic acids is 1. The number of hydrogen-bond donors (Lipinski definition) is 2. The maximum atomic E-state index is 11.1. The van der Waals surface area contributed by atoms with Crippen molar-refractivity contribution in [2.75, 3.05) is 43.4 Å². The summed E-state index contributed by atoms with van der Waals surface area (Å²) in [4.78, 5) is 25.2. The SMILES string of the molecule is CN1CCN(c2ccc(Nc3ncc4cccc(-c5cc(C=CC(N)=O)ccc5Cl)c4n3)cc2)CC1. The van der Waals surface area contributed by atoms with E-state index in [0.29, 0.717) is 11.0 Å². The van der Waals surface area contributed by atoms with Gasteiger partial charge in [-0.15, -0.1) is 0 Å². The summed E-state index contributed by atoms with van der Waals surface area (Å²) >= 11 is 6.57. The average molecular weight is 499 g/mol. The number of anilines is 3. The summed E-state index contributed by atoms with van der Waals surface area (Å²) in [6, 6.07) is 19.8. The van der Waals surface area contributed by atoms with Crippen molar-refractivity contribution in [1.29, 1.82) is 0 Å². The predicted molar refractivity (Wildman–Crippen MR) is 148 cm³/mol. The number of carbonyl (C=O) groups is 1. The van der Waals surface area contributed by atoms with Crippen LogP contribution in [0.5, 0.6) is 0 Å². The van der Waals surface area contributed by atoms with Crippen molar-refractivity contribution in [3.8, 4) is 11.1 Å². The molecular weight excluding hydrogens is 472 g/mol. The Morgan fingerprint density at radius 2 is 1.81 bits per heavy atom. The van der Waals surface area contributed by atoms with Crippen LogP contribution in [0.25, 0.3) is 28.1 Å². The Labute approximate surface area is 215 Å². The minimum Gasteiger partial charge on any atom is -0.369 e. The lowest BCUT2D eigenvalue weighted by molar-refractivity contribution is -0.113. The van der Waals surface area contributed by atoms with Gasteiger partial charge in [0.25, 0.3) is 0 Å². The first-order valence-electron chi connectivity index (χ1n) is 11.8. The second-order valence-corrected chi connectivity index (χ2v) is 9.28. The van der Waals surface area contributed by atoms with E-state index in [9.17, 15) is 4.79 Å². The van der Waals surface area contributed by atoms with E-state index >= 15 is 0 Å². The van der Waals surface area contributed by atoms with Gasteiger partial charge < -0.3 is 20.9 Å². The van der Waals surface area contributed by atoms with Gasteiger partial charge in [-0.1, -0.05) is 35.9 Å². The summed E-state index contributed by atoms with van der Waals surface area (Å²) in [7, 11) is 2.16. The van der Waals surface area contributed by atoms with Crippen molar-refractivity contribution in [2.45, 2.75) is 0 Å². The molecule has 1 aliphatic rings. The van der Waals surface area contributed by atoms with E-state index < -0.39 is 5.91 Å². The maximum absolute atomic E-state index is 11.1. The average Bonchev–Trinajstić information content (AvgIpc) is 2.89. The van der Waals surface area contributed by atoms with Crippen LogP contribution < -0.4 is 16.0 Å². The quantitative estimate of drug-likeness (QED) is 0.366. The number of halogens is 1. The molecule has 1 aromatic heterocycles. The Balaban J connectivity index is 1.43. The zero-order valence-corrected chi connectivity index (χ0v) is 20.7. The molecule has 0 saturated carbocycles. The van der Waals surface area contributed by atoms with Crippen molar-refractivity contribution in [3.63, 3.8) is 0 Å². The lowest BCUT2D eigenvalue weighted by Gasteiger charge is -2.34. The summed E-state index contributed by atoms with van der Waals surface area (Å²) in [6.45, 7) is 4.20. The van der Waals surface area contributed by atoms with Crippen LogP contribution in [0, 0.1) is 0 Å². The molecule has 4 aromatic rings. The van der Waals surface area contributed by atoms with Crippen LogP contribution in [-0.2, 0) is 4.79 Å². The van der Waals surface area contributed by atoms with Gasteiger partial charge in [0.05, 0.1) is 5.52 Å². The van der Waals surface area contributed by atoms with Gasteiger partial charge in [0, 0.05) is 71.4 Å². The van der Waals surface area contributed by atoms with Gasteiger partial charge in [-0.2, -0.15) is 0 Å². The molecule has 7 nitrogen and oxygen atoms in total. The number of benzene rings is 3. The van der Waals surface area contributed by atoms with E-state index in [2.05, 4.69) is 51.4 Å². The Morgan fingerprint density at radius 3 is 2.56 bits per heavy atom. The van der Waals surface area contributed by atoms with Gasteiger partial charge in [-0.25, -0.2) is 9.97 Å². The van der Waals surface area contributed by atoms with E-state index in [-0.39, 0.29) is 0 Å². The highest BCUT2D eigenvalue weighted by Gasteiger charge is 2.14. The van der Waals surface area contributed by atoms with E-state index in [0.717, 1.165) is 59.5 Å². The third-order valence-corrected chi connectivity index (χ3v) is 6.65. The number of nitrogens with zero attached hydrogens (tertiary/aromatic N) is 4. The van der Waals surface area contributed by atoms with E-state index in [1.54, 1.807) is 18.3 Å². The highest BCUT2D eigenvalue weighted by atomic mass is 35.5. The fraction of sp³-hybridized carbons (Fsp3) is 0.179. The fourth-order valence-corrected chi connectivity index (χ4v) is 4.53. The third-order valence-electron chi connectivity index (χ3n) is 6.32. The minimum absolute atomic E-state index is 0.503. The molecule has 1 saturated heterocycles. The molecule has 3 N–H and O–H groups in total. The molecule has 1 amide bonds. The van der Waals surface area contributed by atoms with Crippen molar-refractivity contribution in [2.24, 2.45) is 5.73 Å². The molecule has 0 radical (unpaired) electrons. The summed E-state index contributed by atoms with van der Waals surface area (Å²) < 4.78 is 0. The lowest BCUT2D eigenvalue weighted by Crippen LogP contribution is -2.44. The van der Waals surface area contributed by atoms with Crippen LogP contribution in [0.15, 0.2) is 72.9 Å². The predicted octanol–water partition coefficient (Wildman–Crippen LogP) is 4.94. The minimum atomic E-state index is -0.503. The Morgan fingerprint density at radius 1 is 1.03 bits per heavy atom. The number of nitrogens with two attached hydrogens (primary N) is 1. The number of likely N-dealkylation sites (N-methyl/N-ethyl adjacent to an activating group) is 1. The van der Waals surface area contributed by atoms with Crippen LogP contribution in [0.4, 0.5) is 17.3 Å². The first-order chi connectivity index (χ1) is 17.5. The second kappa shape index (κ2) is 10.4. The first kappa shape index (κ1) is 23.8. The zero-order valence-electron chi connectivity index (χ0n) is 20.0. The van der Waals surface area contributed by atoms with Crippen LogP contribution in [-0.4, -0.2) is 54.0 Å². The summed E-state index contributed by atoms with van der Waals surface area (Å²) in [5, 5.41) is 4.82. The van der Waals surface area contributed by atoms with Crippen LogP contribution in [0.1, 0.15) is 5.56 Å². The number of nitrogens with one attached hydrogen (secondary N) is 1. The Hall–Kier alpha value is -3.94. The van der Waals surface area contributed by atoms with Gasteiger partial charge >= 0.3 is 0 Å². The van der Waals surface area contributed by atoms with E-state index in [4.69, 9.17) is 22.3 Å². The maximum Gasteiger partial charge on any atom is 0.241 e. The molecule has 36 heavy (non-hydrogen) atoms. The van der Waals surface area contributed by atoms with Gasteiger partial charge in [0.15, 0.2) is 0 Å².